The molecular formula is C16H20N2O2. The molecule has 2 amide bonds. The summed E-state index contributed by atoms with van der Waals surface area (Å²) in [7, 11) is 0. The molecule has 0 spiro atoms. The Morgan fingerprint density at radius 2 is 1.85 bits per heavy atom. The monoisotopic (exact) mass is 272 g/mol. The molecular weight excluding hydrogens is 252 g/mol. The van der Waals surface area contributed by atoms with Gasteiger partial charge in [0.05, 0.1) is 0 Å². The summed E-state index contributed by atoms with van der Waals surface area (Å²) in [6.45, 7) is 1.43. The van der Waals surface area contributed by atoms with E-state index in [-0.39, 0.29) is 23.8 Å². The van der Waals surface area contributed by atoms with E-state index in [0.717, 1.165) is 25.8 Å². The molecule has 1 heterocycles. The summed E-state index contributed by atoms with van der Waals surface area (Å²) in [5.74, 6) is 0.486. The van der Waals surface area contributed by atoms with Gasteiger partial charge in [-0.1, -0.05) is 24.6 Å². The van der Waals surface area contributed by atoms with Crippen LogP contribution in [0.4, 0.5) is 0 Å². The first-order valence-electron chi connectivity index (χ1n) is 7.39. The molecule has 2 aliphatic rings. The Morgan fingerprint density at radius 3 is 2.50 bits per heavy atom. The van der Waals surface area contributed by atoms with Crippen molar-refractivity contribution < 1.29 is 9.59 Å². The van der Waals surface area contributed by atoms with Crippen molar-refractivity contribution in [3.8, 4) is 0 Å². The zero-order valence-corrected chi connectivity index (χ0v) is 11.5. The van der Waals surface area contributed by atoms with Gasteiger partial charge in [0.1, 0.15) is 0 Å². The molecule has 106 valence electrons. The number of likely N-dealkylation sites (tertiary alicyclic amines) is 1. The molecule has 2 fully saturated rings. The maximum Gasteiger partial charge on any atom is 0.251 e. The number of hydrogen-bond donors (Lipinski definition) is 1. The normalized spacial score (nSPS) is 22.4. The first kappa shape index (κ1) is 13.2. The fraction of sp³-hybridized carbons (Fsp3) is 0.500. The standard InChI is InChI=1S/C16H20N2O2/c19-15(12-5-2-1-3-6-12)17-14-9-10-18(11-14)16(20)13-7-4-8-13/h1-3,5-6,13-14H,4,7-11H2,(H,17,19)/t14-/m0/s1. The molecule has 1 aromatic carbocycles. The van der Waals surface area contributed by atoms with Gasteiger partial charge in [-0.15, -0.1) is 0 Å². The minimum absolute atomic E-state index is 0.0476. The second kappa shape index (κ2) is 5.65. The minimum atomic E-state index is -0.0476. The fourth-order valence-electron chi connectivity index (χ4n) is 2.85. The van der Waals surface area contributed by atoms with Crippen LogP contribution < -0.4 is 5.32 Å². The molecule has 4 heteroatoms. The van der Waals surface area contributed by atoms with E-state index in [1.165, 1.54) is 6.42 Å². The van der Waals surface area contributed by atoms with Crippen molar-refractivity contribution in [2.24, 2.45) is 5.92 Å². The number of nitrogens with one attached hydrogen (secondary N) is 1. The second-order valence-electron chi connectivity index (χ2n) is 5.74. The molecule has 0 unspecified atom stereocenters. The summed E-state index contributed by atoms with van der Waals surface area (Å²) in [6.07, 6.45) is 4.11. The molecule has 0 aromatic heterocycles. The highest BCUT2D eigenvalue weighted by Gasteiger charge is 2.34. The van der Waals surface area contributed by atoms with Crippen LogP contribution in [0.5, 0.6) is 0 Å². The fourth-order valence-corrected chi connectivity index (χ4v) is 2.85. The van der Waals surface area contributed by atoms with Gasteiger partial charge in [0.2, 0.25) is 5.91 Å². The van der Waals surface area contributed by atoms with Gasteiger partial charge in [0, 0.05) is 30.6 Å². The third-order valence-electron chi connectivity index (χ3n) is 4.33. The maximum absolute atomic E-state index is 12.1. The molecule has 1 saturated heterocycles. The number of carbonyl (C=O) groups is 2. The van der Waals surface area contributed by atoms with Gasteiger partial charge in [0.15, 0.2) is 0 Å². The quantitative estimate of drug-likeness (QED) is 0.912. The lowest BCUT2D eigenvalue weighted by Crippen LogP contribution is -2.41. The number of nitrogens with zero attached hydrogens (tertiary/aromatic N) is 1. The SMILES string of the molecule is O=C(N[C@H]1CCN(C(=O)C2CCC2)C1)c1ccccc1. The molecule has 1 aliphatic carbocycles. The number of benzene rings is 1. The van der Waals surface area contributed by atoms with Crippen LogP contribution in [0.3, 0.4) is 0 Å². The van der Waals surface area contributed by atoms with E-state index in [1.807, 2.05) is 35.2 Å². The van der Waals surface area contributed by atoms with Gasteiger partial charge in [0.25, 0.3) is 5.91 Å². The molecule has 1 saturated carbocycles. The summed E-state index contributed by atoms with van der Waals surface area (Å²) in [6, 6.07) is 9.31. The molecule has 1 atom stereocenters. The van der Waals surface area contributed by atoms with Gasteiger partial charge >= 0.3 is 0 Å². The number of carbonyl (C=O) groups excluding carboxylic acids is 2. The Bertz CT molecular complexity index is 496. The van der Waals surface area contributed by atoms with Gasteiger partial charge < -0.3 is 10.2 Å². The lowest BCUT2D eigenvalue weighted by molar-refractivity contribution is -0.137. The third-order valence-corrected chi connectivity index (χ3v) is 4.33. The second-order valence-corrected chi connectivity index (χ2v) is 5.74. The molecule has 1 aromatic rings. The van der Waals surface area contributed by atoms with Crippen LogP contribution in [0.15, 0.2) is 30.3 Å². The molecule has 1 N–H and O–H groups in total. The van der Waals surface area contributed by atoms with Crippen LogP contribution in [0.2, 0.25) is 0 Å². The average molecular weight is 272 g/mol. The molecule has 0 bridgehead atoms. The van der Waals surface area contributed by atoms with E-state index >= 15 is 0 Å². The highest BCUT2D eigenvalue weighted by atomic mass is 16.2. The Morgan fingerprint density at radius 1 is 1.10 bits per heavy atom. The topological polar surface area (TPSA) is 49.4 Å². The van der Waals surface area contributed by atoms with Gasteiger partial charge in [-0.05, 0) is 31.4 Å². The van der Waals surface area contributed by atoms with Gasteiger partial charge in [-0.3, -0.25) is 9.59 Å². The Kier molecular flexibility index (Phi) is 3.72. The van der Waals surface area contributed by atoms with E-state index in [2.05, 4.69) is 5.32 Å². The van der Waals surface area contributed by atoms with Crippen LogP contribution in [0, 0.1) is 5.92 Å². The summed E-state index contributed by atoms with van der Waals surface area (Å²) in [5.41, 5.74) is 0.677. The number of hydrogen-bond acceptors (Lipinski definition) is 2. The zero-order valence-electron chi connectivity index (χ0n) is 11.5. The van der Waals surface area contributed by atoms with Crippen molar-refractivity contribution in [3.63, 3.8) is 0 Å². The number of rotatable bonds is 3. The summed E-state index contributed by atoms with van der Waals surface area (Å²) < 4.78 is 0. The van der Waals surface area contributed by atoms with Crippen molar-refractivity contribution in [2.45, 2.75) is 31.7 Å². The smallest absolute Gasteiger partial charge is 0.251 e. The van der Waals surface area contributed by atoms with Crippen molar-refractivity contribution in [2.75, 3.05) is 13.1 Å². The summed E-state index contributed by atoms with van der Waals surface area (Å²) >= 11 is 0. The van der Waals surface area contributed by atoms with Crippen LogP contribution in [0.25, 0.3) is 0 Å². The van der Waals surface area contributed by atoms with Crippen molar-refractivity contribution in [3.05, 3.63) is 35.9 Å². The average Bonchev–Trinajstić information content (AvgIpc) is 2.86. The van der Waals surface area contributed by atoms with E-state index in [1.54, 1.807) is 0 Å². The van der Waals surface area contributed by atoms with E-state index in [4.69, 9.17) is 0 Å². The first-order chi connectivity index (χ1) is 9.74. The molecule has 20 heavy (non-hydrogen) atoms. The molecule has 3 rings (SSSR count). The first-order valence-corrected chi connectivity index (χ1v) is 7.39. The van der Waals surface area contributed by atoms with E-state index in [9.17, 15) is 9.59 Å². The highest BCUT2D eigenvalue weighted by molar-refractivity contribution is 5.94. The predicted molar refractivity (Wildman–Crippen MR) is 76.2 cm³/mol. The van der Waals surface area contributed by atoms with Crippen molar-refractivity contribution in [1.29, 1.82) is 0 Å². The van der Waals surface area contributed by atoms with Gasteiger partial charge in [-0.2, -0.15) is 0 Å². The van der Waals surface area contributed by atoms with Crippen LogP contribution in [-0.4, -0.2) is 35.8 Å². The van der Waals surface area contributed by atoms with Crippen molar-refractivity contribution in [1.82, 2.24) is 10.2 Å². The van der Waals surface area contributed by atoms with Gasteiger partial charge in [-0.25, -0.2) is 0 Å². The molecule has 4 nitrogen and oxygen atoms in total. The van der Waals surface area contributed by atoms with Crippen LogP contribution >= 0.6 is 0 Å². The van der Waals surface area contributed by atoms with Crippen LogP contribution in [-0.2, 0) is 4.79 Å². The Hall–Kier alpha value is -1.84. The zero-order chi connectivity index (χ0) is 13.9. The lowest BCUT2D eigenvalue weighted by atomic mass is 9.84. The minimum Gasteiger partial charge on any atom is -0.347 e. The largest absolute Gasteiger partial charge is 0.347 e. The number of amides is 2. The lowest BCUT2D eigenvalue weighted by Gasteiger charge is -2.29. The summed E-state index contributed by atoms with van der Waals surface area (Å²) in [5, 5.41) is 3.02. The van der Waals surface area contributed by atoms with E-state index < -0.39 is 0 Å². The summed E-state index contributed by atoms with van der Waals surface area (Å²) in [4.78, 5) is 26.1. The third kappa shape index (κ3) is 2.69. The predicted octanol–water partition coefficient (Wildman–Crippen LogP) is 1.82. The Labute approximate surface area is 119 Å². The molecule has 1 aliphatic heterocycles. The molecule has 0 radical (unpaired) electrons. The maximum atomic E-state index is 12.1. The van der Waals surface area contributed by atoms with E-state index in [0.29, 0.717) is 12.1 Å². The van der Waals surface area contributed by atoms with Crippen molar-refractivity contribution >= 4 is 11.8 Å². The Balaban J connectivity index is 1.52. The highest BCUT2D eigenvalue weighted by Crippen LogP contribution is 2.29. The van der Waals surface area contributed by atoms with Crippen LogP contribution in [0.1, 0.15) is 36.0 Å².